The zero-order chi connectivity index (χ0) is 11.5. The maximum Gasteiger partial charge on any atom is 0.0610 e. The predicted molar refractivity (Wildman–Crippen MR) is 62.0 cm³/mol. The van der Waals surface area contributed by atoms with Crippen LogP contribution in [0.15, 0.2) is 0 Å². The van der Waals surface area contributed by atoms with Gasteiger partial charge >= 0.3 is 0 Å². The highest BCUT2D eigenvalue weighted by atomic mass is 16.5. The zero-order valence-electron chi connectivity index (χ0n) is 10.5. The van der Waals surface area contributed by atoms with Gasteiger partial charge in [-0.25, -0.2) is 0 Å². The molecule has 0 aromatic carbocycles. The van der Waals surface area contributed by atoms with Gasteiger partial charge in [0.05, 0.1) is 12.7 Å². The Hall–Kier alpha value is -0.120. The molecule has 0 amide bonds. The number of aliphatic hydroxyl groups excluding tert-OH is 1. The first-order valence-corrected chi connectivity index (χ1v) is 5.88. The van der Waals surface area contributed by atoms with Crippen molar-refractivity contribution in [3.63, 3.8) is 0 Å². The molecule has 0 saturated heterocycles. The lowest BCUT2D eigenvalue weighted by molar-refractivity contribution is -0.0112. The van der Waals surface area contributed by atoms with Crippen LogP contribution in [0.2, 0.25) is 0 Å². The van der Waals surface area contributed by atoms with Gasteiger partial charge in [0, 0.05) is 18.7 Å². The number of ether oxygens (including phenoxy) is 1. The molecule has 1 saturated carbocycles. The van der Waals surface area contributed by atoms with Gasteiger partial charge in [0.15, 0.2) is 0 Å². The predicted octanol–water partition coefficient (Wildman–Crippen LogP) is 1.65. The Balaban J connectivity index is 2.55. The van der Waals surface area contributed by atoms with Crippen molar-refractivity contribution in [1.29, 1.82) is 0 Å². The molecular weight excluding hydrogens is 190 g/mol. The molecule has 1 N–H and O–H groups in total. The molecule has 1 aliphatic carbocycles. The molecule has 0 spiro atoms. The topological polar surface area (TPSA) is 32.7 Å². The normalized spacial score (nSPS) is 28.4. The summed E-state index contributed by atoms with van der Waals surface area (Å²) in [5, 5.41) is 9.35. The third kappa shape index (κ3) is 3.16. The van der Waals surface area contributed by atoms with Crippen molar-refractivity contribution < 1.29 is 9.84 Å². The minimum atomic E-state index is -0.125. The van der Waals surface area contributed by atoms with E-state index in [1.54, 1.807) is 7.11 Å². The average molecular weight is 215 g/mol. The summed E-state index contributed by atoms with van der Waals surface area (Å²) in [7, 11) is 3.91. The van der Waals surface area contributed by atoms with E-state index in [-0.39, 0.29) is 12.1 Å². The fourth-order valence-corrected chi connectivity index (χ4v) is 2.29. The highest BCUT2D eigenvalue weighted by Gasteiger charge is 2.32. The molecule has 15 heavy (non-hydrogen) atoms. The molecule has 0 heterocycles. The molecule has 90 valence electrons. The number of aliphatic hydroxyl groups is 1. The first-order valence-electron chi connectivity index (χ1n) is 5.88. The summed E-state index contributed by atoms with van der Waals surface area (Å²) < 4.78 is 5.43. The molecule has 3 heteroatoms. The van der Waals surface area contributed by atoms with Gasteiger partial charge in [-0.15, -0.1) is 0 Å². The SMILES string of the molecule is COC1CCCC(N(C)C(C)(C)CO)C1. The van der Waals surface area contributed by atoms with Crippen LogP contribution in [0.4, 0.5) is 0 Å². The Kier molecular flexibility index (Phi) is 4.56. The van der Waals surface area contributed by atoms with Gasteiger partial charge in [-0.1, -0.05) is 0 Å². The van der Waals surface area contributed by atoms with Crippen LogP contribution in [0.5, 0.6) is 0 Å². The van der Waals surface area contributed by atoms with E-state index in [1.807, 2.05) is 0 Å². The van der Waals surface area contributed by atoms with E-state index in [9.17, 15) is 5.11 Å². The van der Waals surface area contributed by atoms with Crippen LogP contribution in [0.25, 0.3) is 0 Å². The largest absolute Gasteiger partial charge is 0.394 e. The summed E-state index contributed by atoms with van der Waals surface area (Å²) in [5.41, 5.74) is -0.125. The average Bonchev–Trinajstić information content (AvgIpc) is 2.28. The minimum Gasteiger partial charge on any atom is -0.394 e. The van der Waals surface area contributed by atoms with E-state index < -0.39 is 0 Å². The van der Waals surface area contributed by atoms with E-state index in [0.717, 1.165) is 6.42 Å². The second-order valence-corrected chi connectivity index (χ2v) is 5.26. The molecule has 2 atom stereocenters. The molecule has 0 aromatic heterocycles. The van der Waals surface area contributed by atoms with Gasteiger partial charge in [0.2, 0.25) is 0 Å². The van der Waals surface area contributed by atoms with Crippen LogP contribution in [0.1, 0.15) is 39.5 Å². The van der Waals surface area contributed by atoms with Crippen LogP contribution < -0.4 is 0 Å². The van der Waals surface area contributed by atoms with Gasteiger partial charge < -0.3 is 9.84 Å². The molecule has 0 aromatic rings. The first kappa shape index (κ1) is 12.9. The van der Waals surface area contributed by atoms with Gasteiger partial charge in [0.25, 0.3) is 0 Å². The Labute approximate surface area is 93.4 Å². The van der Waals surface area contributed by atoms with Gasteiger partial charge in [-0.05, 0) is 46.6 Å². The number of nitrogens with zero attached hydrogens (tertiary/aromatic N) is 1. The maximum absolute atomic E-state index is 9.35. The lowest BCUT2D eigenvalue weighted by Crippen LogP contribution is -2.51. The zero-order valence-corrected chi connectivity index (χ0v) is 10.5. The monoisotopic (exact) mass is 215 g/mol. The Bertz CT molecular complexity index is 194. The minimum absolute atomic E-state index is 0.125. The second kappa shape index (κ2) is 5.28. The number of methoxy groups -OCH3 is 1. The number of likely N-dealkylation sites (N-methyl/N-ethyl adjacent to an activating group) is 1. The summed E-state index contributed by atoms with van der Waals surface area (Å²) in [4.78, 5) is 2.30. The highest BCUT2D eigenvalue weighted by Crippen LogP contribution is 2.28. The van der Waals surface area contributed by atoms with Crippen LogP contribution >= 0.6 is 0 Å². The molecule has 1 rings (SSSR count). The summed E-state index contributed by atoms with van der Waals surface area (Å²) in [6.45, 7) is 4.38. The first-order chi connectivity index (χ1) is 7.01. The standard InChI is InChI=1S/C12H25NO2/c1-12(2,9-14)13(3)10-6-5-7-11(8-10)15-4/h10-11,14H,5-9H2,1-4H3. The Morgan fingerprint density at radius 2 is 2.07 bits per heavy atom. The van der Waals surface area contributed by atoms with Crippen LogP contribution in [0.3, 0.4) is 0 Å². The third-order valence-electron chi connectivity index (χ3n) is 3.82. The quantitative estimate of drug-likeness (QED) is 0.774. The highest BCUT2D eigenvalue weighted by molar-refractivity contribution is 4.87. The molecule has 2 unspecified atom stereocenters. The number of hydrogen-bond donors (Lipinski definition) is 1. The van der Waals surface area contributed by atoms with Crippen molar-refractivity contribution >= 4 is 0 Å². The Morgan fingerprint density at radius 1 is 1.40 bits per heavy atom. The van der Waals surface area contributed by atoms with E-state index in [0.29, 0.717) is 12.1 Å². The van der Waals surface area contributed by atoms with E-state index >= 15 is 0 Å². The number of hydrogen-bond acceptors (Lipinski definition) is 3. The Morgan fingerprint density at radius 3 is 2.60 bits per heavy atom. The van der Waals surface area contributed by atoms with E-state index in [4.69, 9.17) is 4.74 Å². The fourth-order valence-electron chi connectivity index (χ4n) is 2.29. The van der Waals surface area contributed by atoms with Crippen molar-refractivity contribution in [2.24, 2.45) is 0 Å². The van der Waals surface area contributed by atoms with E-state index in [2.05, 4.69) is 25.8 Å². The molecule has 1 fully saturated rings. The smallest absolute Gasteiger partial charge is 0.0610 e. The van der Waals surface area contributed by atoms with Crippen molar-refractivity contribution in [3.8, 4) is 0 Å². The van der Waals surface area contributed by atoms with Crippen LogP contribution in [-0.4, -0.2) is 48.5 Å². The van der Waals surface area contributed by atoms with Crippen molar-refractivity contribution in [3.05, 3.63) is 0 Å². The fraction of sp³-hybridized carbons (Fsp3) is 1.00. The lowest BCUT2D eigenvalue weighted by Gasteiger charge is -2.43. The lowest BCUT2D eigenvalue weighted by atomic mass is 9.89. The summed E-state index contributed by atoms with van der Waals surface area (Å²) in [6.07, 6.45) is 5.13. The number of rotatable bonds is 4. The molecule has 1 aliphatic rings. The third-order valence-corrected chi connectivity index (χ3v) is 3.82. The molecule has 3 nitrogen and oxygen atoms in total. The summed E-state index contributed by atoms with van der Waals surface area (Å²) in [5.74, 6) is 0. The summed E-state index contributed by atoms with van der Waals surface area (Å²) >= 11 is 0. The molecular formula is C12H25NO2. The van der Waals surface area contributed by atoms with Crippen LogP contribution in [-0.2, 0) is 4.74 Å². The second-order valence-electron chi connectivity index (χ2n) is 5.26. The van der Waals surface area contributed by atoms with Gasteiger partial charge in [-0.2, -0.15) is 0 Å². The summed E-state index contributed by atoms with van der Waals surface area (Å²) in [6, 6.07) is 0.547. The van der Waals surface area contributed by atoms with Crippen LogP contribution in [0, 0.1) is 0 Å². The van der Waals surface area contributed by atoms with Crippen molar-refractivity contribution in [2.45, 2.75) is 57.2 Å². The van der Waals surface area contributed by atoms with Crippen molar-refractivity contribution in [1.82, 2.24) is 4.90 Å². The van der Waals surface area contributed by atoms with E-state index in [1.165, 1.54) is 19.3 Å². The molecule has 0 aliphatic heterocycles. The molecule has 0 radical (unpaired) electrons. The van der Waals surface area contributed by atoms with Gasteiger partial charge in [-0.3, -0.25) is 4.90 Å². The maximum atomic E-state index is 9.35. The molecule has 0 bridgehead atoms. The van der Waals surface area contributed by atoms with Crippen molar-refractivity contribution in [2.75, 3.05) is 20.8 Å². The van der Waals surface area contributed by atoms with Gasteiger partial charge in [0.1, 0.15) is 0 Å².